The summed E-state index contributed by atoms with van der Waals surface area (Å²) in [5.74, 6) is 0.329. The molecule has 1 unspecified atom stereocenters. The van der Waals surface area contributed by atoms with Gasteiger partial charge in [-0.15, -0.1) is 0 Å². The van der Waals surface area contributed by atoms with E-state index in [4.69, 9.17) is 4.74 Å². The smallest absolute Gasteiger partial charge is 0.252 e. The van der Waals surface area contributed by atoms with E-state index in [0.717, 1.165) is 11.3 Å². The van der Waals surface area contributed by atoms with Gasteiger partial charge in [0.05, 0.1) is 6.04 Å². The van der Waals surface area contributed by atoms with Crippen LogP contribution in [-0.4, -0.2) is 29.9 Å². The van der Waals surface area contributed by atoms with E-state index in [-0.39, 0.29) is 18.9 Å². The number of ether oxygens (including phenoxy) is 1. The van der Waals surface area contributed by atoms with Gasteiger partial charge in [0.25, 0.3) is 6.43 Å². The monoisotopic (exact) mass is 309 g/mol. The SMILES string of the molecule is CC1COc2ccccc2CN1C(=O)C1(C(F)F)CCCC1. The maximum Gasteiger partial charge on any atom is 0.252 e. The minimum Gasteiger partial charge on any atom is -0.491 e. The van der Waals surface area contributed by atoms with Gasteiger partial charge in [0, 0.05) is 12.1 Å². The van der Waals surface area contributed by atoms with Gasteiger partial charge in [-0.3, -0.25) is 4.79 Å². The molecule has 22 heavy (non-hydrogen) atoms. The number of hydrogen-bond donors (Lipinski definition) is 0. The van der Waals surface area contributed by atoms with Crippen LogP contribution in [0.15, 0.2) is 24.3 Å². The number of rotatable bonds is 2. The Hall–Kier alpha value is -1.65. The molecule has 1 heterocycles. The number of benzene rings is 1. The van der Waals surface area contributed by atoms with E-state index in [1.165, 1.54) is 0 Å². The molecule has 1 saturated carbocycles. The summed E-state index contributed by atoms with van der Waals surface area (Å²) in [7, 11) is 0. The molecule has 1 amide bonds. The Balaban J connectivity index is 1.91. The summed E-state index contributed by atoms with van der Waals surface area (Å²) in [4.78, 5) is 14.5. The highest BCUT2D eigenvalue weighted by Crippen LogP contribution is 2.45. The van der Waals surface area contributed by atoms with Crippen molar-refractivity contribution in [1.82, 2.24) is 4.90 Å². The third-order valence-corrected chi connectivity index (χ3v) is 4.93. The number of carbonyl (C=O) groups excluding carboxylic acids is 1. The van der Waals surface area contributed by atoms with Gasteiger partial charge in [-0.1, -0.05) is 31.0 Å². The Labute approximate surface area is 129 Å². The predicted molar refractivity (Wildman–Crippen MR) is 78.9 cm³/mol. The number of fused-ring (bicyclic) bond motifs is 1. The second kappa shape index (κ2) is 5.86. The van der Waals surface area contributed by atoms with Crippen LogP contribution in [0.5, 0.6) is 5.75 Å². The molecule has 0 saturated heterocycles. The van der Waals surface area contributed by atoms with E-state index in [0.29, 0.717) is 26.0 Å². The van der Waals surface area contributed by atoms with Gasteiger partial charge >= 0.3 is 0 Å². The third-order valence-electron chi connectivity index (χ3n) is 4.93. The summed E-state index contributed by atoms with van der Waals surface area (Å²) >= 11 is 0. The van der Waals surface area contributed by atoms with Gasteiger partial charge in [0.1, 0.15) is 17.8 Å². The van der Waals surface area contributed by atoms with Crippen molar-refractivity contribution in [3.05, 3.63) is 29.8 Å². The summed E-state index contributed by atoms with van der Waals surface area (Å²) in [6, 6.07) is 7.28. The molecule has 1 aliphatic carbocycles. The van der Waals surface area contributed by atoms with E-state index in [9.17, 15) is 13.6 Å². The molecule has 1 aromatic rings. The topological polar surface area (TPSA) is 29.5 Å². The fourth-order valence-corrected chi connectivity index (χ4v) is 3.50. The lowest BCUT2D eigenvalue weighted by atomic mass is 9.84. The van der Waals surface area contributed by atoms with Crippen molar-refractivity contribution in [2.75, 3.05) is 6.61 Å². The van der Waals surface area contributed by atoms with Crippen LogP contribution >= 0.6 is 0 Å². The van der Waals surface area contributed by atoms with Crippen molar-refractivity contribution in [2.45, 2.75) is 51.6 Å². The summed E-state index contributed by atoms with van der Waals surface area (Å²) in [6.07, 6.45) is -0.629. The zero-order valence-corrected chi connectivity index (χ0v) is 12.7. The fourth-order valence-electron chi connectivity index (χ4n) is 3.50. The standard InChI is InChI=1S/C17H21F2NO2/c1-12-11-22-14-7-3-2-6-13(14)10-20(12)16(21)17(15(18)19)8-4-5-9-17/h2-3,6-7,12,15H,4-5,8-11H2,1H3. The molecule has 1 fully saturated rings. The van der Waals surface area contributed by atoms with Crippen LogP contribution in [0.4, 0.5) is 8.78 Å². The van der Waals surface area contributed by atoms with Gasteiger partial charge in [0.15, 0.2) is 0 Å². The number of alkyl halides is 2. The zero-order chi connectivity index (χ0) is 15.7. The molecule has 5 heteroatoms. The van der Waals surface area contributed by atoms with Crippen molar-refractivity contribution in [3.63, 3.8) is 0 Å². The summed E-state index contributed by atoms with van der Waals surface area (Å²) in [5, 5.41) is 0. The Morgan fingerprint density at radius 3 is 2.68 bits per heavy atom. The fraction of sp³-hybridized carbons (Fsp3) is 0.588. The summed E-state index contributed by atoms with van der Waals surface area (Å²) in [6.45, 7) is 2.53. The first-order valence-electron chi connectivity index (χ1n) is 7.84. The molecule has 2 aliphatic rings. The summed E-state index contributed by atoms with van der Waals surface area (Å²) < 4.78 is 33.0. The maximum absolute atomic E-state index is 13.6. The molecule has 3 nitrogen and oxygen atoms in total. The molecule has 1 atom stereocenters. The lowest BCUT2D eigenvalue weighted by Crippen LogP contribution is -2.50. The largest absolute Gasteiger partial charge is 0.491 e. The Morgan fingerprint density at radius 2 is 2.00 bits per heavy atom. The van der Waals surface area contributed by atoms with Crippen LogP contribution < -0.4 is 4.74 Å². The molecular weight excluding hydrogens is 288 g/mol. The van der Waals surface area contributed by atoms with E-state index < -0.39 is 17.7 Å². The van der Waals surface area contributed by atoms with E-state index >= 15 is 0 Å². The number of hydrogen-bond acceptors (Lipinski definition) is 2. The number of halogens is 2. The third kappa shape index (κ3) is 2.46. The van der Waals surface area contributed by atoms with Crippen LogP contribution in [0.2, 0.25) is 0 Å². The molecule has 0 spiro atoms. The van der Waals surface area contributed by atoms with E-state index in [1.807, 2.05) is 31.2 Å². The van der Waals surface area contributed by atoms with Crippen molar-refractivity contribution in [2.24, 2.45) is 5.41 Å². The van der Waals surface area contributed by atoms with Crippen molar-refractivity contribution < 1.29 is 18.3 Å². The average Bonchev–Trinajstić information content (AvgIpc) is 2.95. The lowest BCUT2D eigenvalue weighted by Gasteiger charge is -2.36. The number of nitrogens with zero attached hydrogens (tertiary/aromatic N) is 1. The second-order valence-corrected chi connectivity index (χ2v) is 6.36. The summed E-state index contributed by atoms with van der Waals surface area (Å²) in [5.41, 5.74) is -0.615. The highest BCUT2D eigenvalue weighted by atomic mass is 19.3. The van der Waals surface area contributed by atoms with Crippen LogP contribution in [-0.2, 0) is 11.3 Å². The predicted octanol–water partition coefficient (Wildman–Crippen LogP) is 3.62. The quantitative estimate of drug-likeness (QED) is 0.835. The minimum atomic E-state index is -2.60. The van der Waals surface area contributed by atoms with E-state index in [2.05, 4.69) is 0 Å². The first-order valence-corrected chi connectivity index (χ1v) is 7.84. The maximum atomic E-state index is 13.6. The first-order chi connectivity index (χ1) is 10.5. The normalized spacial score (nSPS) is 23.8. The van der Waals surface area contributed by atoms with Gasteiger partial charge in [-0.2, -0.15) is 0 Å². The number of amides is 1. The van der Waals surface area contributed by atoms with Gasteiger partial charge < -0.3 is 9.64 Å². The molecule has 0 radical (unpaired) electrons. The second-order valence-electron chi connectivity index (χ2n) is 6.36. The van der Waals surface area contributed by atoms with Crippen LogP contribution in [0.3, 0.4) is 0 Å². The molecule has 0 bridgehead atoms. The van der Waals surface area contributed by atoms with Crippen LogP contribution in [0, 0.1) is 5.41 Å². The Bertz CT molecular complexity index is 555. The van der Waals surface area contributed by atoms with Crippen LogP contribution in [0.1, 0.15) is 38.2 Å². The van der Waals surface area contributed by atoms with Crippen LogP contribution in [0.25, 0.3) is 0 Å². The molecule has 0 N–H and O–H groups in total. The highest BCUT2D eigenvalue weighted by molar-refractivity contribution is 5.84. The van der Waals surface area contributed by atoms with Gasteiger partial charge in [-0.05, 0) is 25.8 Å². The average molecular weight is 309 g/mol. The molecule has 1 aromatic carbocycles. The first kappa shape index (κ1) is 15.3. The lowest BCUT2D eigenvalue weighted by molar-refractivity contribution is -0.155. The Morgan fingerprint density at radius 1 is 1.32 bits per heavy atom. The molecule has 0 aromatic heterocycles. The van der Waals surface area contributed by atoms with E-state index in [1.54, 1.807) is 4.90 Å². The highest BCUT2D eigenvalue weighted by Gasteiger charge is 2.51. The zero-order valence-electron chi connectivity index (χ0n) is 12.7. The van der Waals surface area contributed by atoms with Gasteiger partial charge in [0.2, 0.25) is 5.91 Å². The van der Waals surface area contributed by atoms with Crippen molar-refractivity contribution in [1.29, 1.82) is 0 Å². The number of para-hydroxylation sites is 1. The molecule has 3 rings (SSSR count). The minimum absolute atomic E-state index is 0.212. The molecular formula is C17H21F2NO2. The molecule has 1 aliphatic heterocycles. The van der Waals surface area contributed by atoms with Crippen molar-refractivity contribution in [3.8, 4) is 5.75 Å². The number of carbonyl (C=O) groups is 1. The Kier molecular flexibility index (Phi) is 4.06. The molecule has 120 valence electrons. The van der Waals surface area contributed by atoms with Gasteiger partial charge in [-0.25, -0.2) is 8.78 Å². The van der Waals surface area contributed by atoms with Crippen molar-refractivity contribution >= 4 is 5.91 Å².